The number of sulfonamides is 1. The van der Waals surface area contributed by atoms with E-state index in [1.165, 1.54) is 24.8 Å². The molecule has 0 bridgehead atoms. The number of fused-ring (bicyclic) bond motifs is 7. The predicted molar refractivity (Wildman–Crippen MR) is 143 cm³/mol. The van der Waals surface area contributed by atoms with Crippen LogP contribution in [0.3, 0.4) is 0 Å². The van der Waals surface area contributed by atoms with Gasteiger partial charge in [-0.3, -0.25) is 9.78 Å². The zero-order valence-corrected chi connectivity index (χ0v) is 21.4. The van der Waals surface area contributed by atoms with Gasteiger partial charge in [0.05, 0.1) is 23.0 Å². The molecule has 2 aromatic carbocycles. The first-order valence-electron chi connectivity index (χ1n) is 13.2. The Morgan fingerprint density at radius 2 is 1.84 bits per heavy atom. The van der Waals surface area contributed by atoms with Crippen molar-refractivity contribution in [3.63, 3.8) is 0 Å². The number of aromatic nitrogens is 2. The van der Waals surface area contributed by atoms with E-state index in [2.05, 4.69) is 32.5 Å². The van der Waals surface area contributed by atoms with E-state index in [-0.39, 0.29) is 0 Å². The van der Waals surface area contributed by atoms with E-state index in [4.69, 9.17) is 4.74 Å². The zero-order chi connectivity index (χ0) is 25.1. The van der Waals surface area contributed by atoms with Crippen molar-refractivity contribution >= 4 is 37.7 Å². The Labute approximate surface area is 215 Å². The monoisotopic (exact) mass is 515 g/mol. The highest BCUT2D eigenvalue weighted by Crippen LogP contribution is 2.48. The standard InChI is InChI=1S/C29H29N3O4S/c33-29(31-37(34,35)20-9-10-20)19-8-11-22-25(17-19)32-15-16-36-28-21-7-4-14-30-24(21)13-12-23(28)27(32)26(22)18-5-2-1-3-6-18/h4,7-8,11-14,17-18,20H,1-3,5-6,9-10,15-16H2,(H,31,33). The third kappa shape index (κ3) is 3.81. The summed E-state index contributed by atoms with van der Waals surface area (Å²) >= 11 is 0. The fourth-order valence-electron chi connectivity index (χ4n) is 6.20. The second-order valence-corrected chi connectivity index (χ2v) is 12.5. The molecule has 0 unspecified atom stereocenters. The molecule has 0 spiro atoms. The maximum absolute atomic E-state index is 13.0. The van der Waals surface area contributed by atoms with Crippen LogP contribution in [0, 0.1) is 0 Å². The van der Waals surface area contributed by atoms with Crippen molar-refractivity contribution in [3.05, 3.63) is 59.8 Å². The second-order valence-electron chi connectivity index (χ2n) is 10.5. The number of pyridine rings is 1. The fourth-order valence-corrected chi connectivity index (χ4v) is 7.50. The number of rotatable bonds is 4. The summed E-state index contributed by atoms with van der Waals surface area (Å²) in [5.41, 5.74) is 5.75. The summed E-state index contributed by atoms with van der Waals surface area (Å²) in [6.45, 7) is 1.13. The maximum Gasteiger partial charge on any atom is 0.264 e. The molecule has 2 saturated carbocycles. The van der Waals surface area contributed by atoms with Gasteiger partial charge in [-0.05, 0) is 73.6 Å². The Kier molecular flexibility index (Phi) is 5.29. The minimum absolute atomic E-state index is 0.361. The minimum atomic E-state index is -3.62. The summed E-state index contributed by atoms with van der Waals surface area (Å²) in [5.74, 6) is 0.724. The van der Waals surface area contributed by atoms with E-state index in [0.717, 1.165) is 51.7 Å². The van der Waals surface area contributed by atoms with Gasteiger partial charge in [-0.1, -0.05) is 25.3 Å². The predicted octanol–water partition coefficient (Wildman–Crippen LogP) is 5.52. The molecule has 0 radical (unpaired) electrons. The number of ether oxygens (including phenoxy) is 1. The largest absolute Gasteiger partial charge is 0.490 e. The molecule has 2 fully saturated rings. The fraction of sp³-hybridized carbons (Fsp3) is 0.379. The lowest BCUT2D eigenvalue weighted by molar-refractivity contribution is 0.0981. The molecule has 2 aliphatic carbocycles. The molecule has 3 heterocycles. The van der Waals surface area contributed by atoms with Gasteiger partial charge >= 0.3 is 0 Å². The molecule has 3 aliphatic rings. The molecule has 2 aromatic heterocycles. The normalized spacial score (nSPS) is 18.2. The number of hydrogen-bond donors (Lipinski definition) is 1. The lowest BCUT2D eigenvalue weighted by Gasteiger charge is -2.23. The molecule has 1 aliphatic heterocycles. The first-order valence-corrected chi connectivity index (χ1v) is 14.8. The van der Waals surface area contributed by atoms with Crippen LogP contribution in [0.5, 0.6) is 5.75 Å². The Bertz CT molecular complexity index is 1660. The Morgan fingerprint density at radius 1 is 1.00 bits per heavy atom. The molecule has 7 nitrogen and oxygen atoms in total. The van der Waals surface area contributed by atoms with Crippen molar-refractivity contribution in [1.29, 1.82) is 0 Å². The maximum atomic E-state index is 13.0. The second kappa shape index (κ2) is 8.58. The molecule has 0 atom stereocenters. The van der Waals surface area contributed by atoms with Crippen molar-refractivity contribution < 1.29 is 17.9 Å². The van der Waals surface area contributed by atoms with Crippen LogP contribution in [0.15, 0.2) is 48.7 Å². The van der Waals surface area contributed by atoms with Crippen LogP contribution in [-0.2, 0) is 16.6 Å². The Morgan fingerprint density at radius 3 is 2.65 bits per heavy atom. The van der Waals surface area contributed by atoms with E-state index < -0.39 is 21.2 Å². The van der Waals surface area contributed by atoms with Crippen LogP contribution in [0.25, 0.3) is 33.1 Å². The Hall–Kier alpha value is -3.39. The molecule has 8 heteroatoms. The van der Waals surface area contributed by atoms with Gasteiger partial charge in [0.1, 0.15) is 12.4 Å². The average Bonchev–Trinajstić information content (AvgIpc) is 3.75. The van der Waals surface area contributed by atoms with Crippen LogP contribution in [0.4, 0.5) is 0 Å². The van der Waals surface area contributed by atoms with E-state index in [9.17, 15) is 13.2 Å². The van der Waals surface area contributed by atoms with Crippen LogP contribution in [0.1, 0.15) is 66.8 Å². The number of carbonyl (C=O) groups is 1. The topological polar surface area (TPSA) is 90.3 Å². The summed E-state index contributed by atoms with van der Waals surface area (Å²) in [6, 6.07) is 13.8. The summed E-state index contributed by atoms with van der Waals surface area (Å²) in [4.78, 5) is 17.5. The summed E-state index contributed by atoms with van der Waals surface area (Å²) in [6.07, 6.45) is 8.98. The molecule has 4 aromatic rings. The van der Waals surface area contributed by atoms with E-state index in [0.29, 0.717) is 37.5 Å². The summed E-state index contributed by atoms with van der Waals surface area (Å²) in [7, 11) is -3.62. The molecule has 190 valence electrons. The lowest BCUT2D eigenvalue weighted by Crippen LogP contribution is -2.33. The van der Waals surface area contributed by atoms with Gasteiger partial charge in [-0.15, -0.1) is 0 Å². The summed E-state index contributed by atoms with van der Waals surface area (Å²) in [5, 5.41) is 1.70. The van der Waals surface area contributed by atoms with Crippen molar-refractivity contribution in [3.8, 4) is 17.0 Å². The number of carbonyl (C=O) groups excluding carboxylic acids is 1. The Balaban J connectivity index is 1.43. The van der Waals surface area contributed by atoms with E-state index in [1.807, 2.05) is 18.2 Å². The molecular formula is C29H29N3O4S. The van der Waals surface area contributed by atoms with Gasteiger partial charge < -0.3 is 9.30 Å². The van der Waals surface area contributed by atoms with Crippen LogP contribution in [0.2, 0.25) is 0 Å². The lowest BCUT2D eigenvalue weighted by atomic mass is 9.81. The van der Waals surface area contributed by atoms with Crippen LogP contribution in [-0.4, -0.2) is 35.7 Å². The number of nitrogens with one attached hydrogen (secondary N) is 1. The number of amides is 1. The van der Waals surface area contributed by atoms with Gasteiger partial charge in [-0.25, -0.2) is 13.1 Å². The molecule has 37 heavy (non-hydrogen) atoms. The first-order chi connectivity index (χ1) is 18.0. The van der Waals surface area contributed by atoms with Gasteiger partial charge in [-0.2, -0.15) is 0 Å². The van der Waals surface area contributed by atoms with Gasteiger partial charge in [0.2, 0.25) is 10.0 Å². The zero-order valence-electron chi connectivity index (χ0n) is 20.6. The minimum Gasteiger partial charge on any atom is -0.490 e. The van der Waals surface area contributed by atoms with Crippen molar-refractivity contribution in [2.75, 3.05) is 6.61 Å². The highest BCUT2D eigenvalue weighted by atomic mass is 32.2. The van der Waals surface area contributed by atoms with Crippen LogP contribution >= 0.6 is 0 Å². The van der Waals surface area contributed by atoms with E-state index >= 15 is 0 Å². The molecular weight excluding hydrogens is 486 g/mol. The van der Waals surface area contributed by atoms with Gasteiger partial charge in [0.15, 0.2) is 0 Å². The highest BCUT2D eigenvalue weighted by molar-refractivity contribution is 7.91. The third-order valence-electron chi connectivity index (χ3n) is 8.13. The van der Waals surface area contributed by atoms with Crippen LogP contribution < -0.4 is 9.46 Å². The molecule has 1 N–H and O–H groups in total. The van der Waals surface area contributed by atoms with E-state index in [1.54, 1.807) is 12.3 Å². The molecule has 1 amide bonds. The highest BCUT2D eigenvalue weighted by Gasteiger charge is 2.37. The van der Waals surface area contributed by atoms with Crippen molar-refractivity contribution in [2.24, 2.45) is 0 Å². The number of hydrogen-bond acceptors (Lipinski definition) is 5. The molecule has 7 rings (SSSR count). The van der Waals surface area contributed by atoms with Crippen molar-refractivity contribution in [2.45, 2.75) is 62.7 Å². The van der Waals surface area contributed by atoms with Gasteiger partial charge in [0, 0.05) is 33.6 Å². The number of nitrogens with zero attached hydrogens (tertiary/aromatic N) is 2. The average molecular weight is 516 g/mol. The number of benzene rings is 2. The van der Waals surface area contributed by atoms with Gasteiger partial charge in [0.25, 0.3) is 5.91 Å². The quantitative estimate of drug-likeness (QED) is 0.387. The smallest absolute Gasteiger partial charge is 0.264 e. The molecule has 0 saturated heterocycles. The first kappa shape index (κ1) is 22.8. The summed E-state index contributed by atoms with van der Waals surface area (Å²) < 4.78 is 35.7. The third-order valence-corrected chi connectivity index (χ3v) is 9.95. The van der Waals surface area contributed by atoms with Crippen molar-refractivity contribution in [1.82, 2.24) is 14.3 Å². The SMILES string of the molecule is O=C(NS(=O)(=O)C1CC1)c1ccc2c(C3CCCCC3)c3n(c2c1)CCOc1c-3ccc2ncccc12.